The Labute approximate surface area is 284 Å². The first kappa shape index (κ1) is 27.6. The fraction of sp³-hybridized carbons (Fsp3) is 0.0222. The van der Waals surface area contributed by atoms with Gasteiger partial charge in [-0.2, -0.15) is 0 Å². The first-order valence-electron chi connectivity index (χ1n) is 16.6. The predicted octanol–water partition coefficient (Wildman–Crippen LogP) is 10.3. The number of nitrogens with zero attached hydrogens (tertiary/aromatic N) is 4. The zero-order chi connectivity index (χ0) is 32.4. The summed E-state index contributed by atoms with van der Waals surface area (Å²) in [5.74, 6) is 1.93. The van der Waals surface area contributed by atoms with E-state index in [0.717, 1.165) is 27.8 Å². The van der Waals surface area contributed by atoms with Crippen molar-refractivity contribution in [2.45, 2.75) is 5.41 Å². The van der Waals surface area contributed by atoms with Crippen LogP contribution in [0.1, 0.15) is 22.3 Å². The lowest BCUT2D eigenvalue weighted by molar-refractivity contribution is 0.794. The second kappa shape index (κ2) is 10.8. The molecule has 0 saturated carbocycles. The van der Waals surface area contributed by atoms with Crippen LogP contribution in [0.5, 0.6) is 0 Å². The molecular weight excluding hydrogens is 597 g/mol. The van der Waals surface area contributed by atoms with Crippen molar-refractivity contribution in [2.24, 2.45) is 0 Å². The van der Waals surface area contributed by atoms with Gasteiger partial charge >= 0.3 is 0 Å². The standard InChI is InChI=1S/C45H28N4/c1-2-10-31(11-3-1)42-47-43(32-20-18-29(19-21-32)30-24-26-46-27-25-30)49-44(48-42)33-22-23-37-36-14-6-9-17-40(36)45(41(37)28-33)38-15-7-4-12-34(38)35-13-5-8-16-39(35)45/h1-28H. The average Bonchev–Trinajstić information content (AvgIpc) is 3.66. The van der Waals surface area contributed by atoms with E-state index in [1.807, 2.05) is 42.7 Å². The number of aromatic nitrogens is 4. The van der Waals surface area contributed by atoms with Crippen LogP contribution >= 0.6 is 0 Å². The highest BCUT2D eigenvalue weighted by molar-refractivity contribution is 5.95. The maximum Gasteiger partial charge on any atom is 0.164 e. The van der Waals surface area contributed by atoms with Gasteiger partial charge in [0.1, 0.15) is 0 Å². The lowest BCUT2D eigenvalue weighted by Gasteiger charge is -2.30. The van der Waals surface area contributed by atoms with Gasteiger partial charge in [-0.05, 0) is 73.8 Å². The number of benzene rings is 6. The van der Waals surface area contributed by atoms with Gasteiger partial charge < -0.3 is 0 Å². The summed E-state index contributed by atoms with van der Waals surface area (Å²) in [5.41, 5.74) is 14.9. The normalized spacial score (nSPS) is 13.1. The molecule has 0 unspecified atom stereocenters. The predicted molar refractivity (Wildman–Crippen MR) is 196 cm³/mol. The Morgan fingerprint density at radius 2 is 0.714 bits per heavy atom. The van der Waals surface area contributed by atoms with E-state index in [4.69, 9.17) is 15.0 Å². The zero-order valence-electron chi connectivity index (χ0n) is 26.5. The maximum absolute atomic E-state index is 5.15. The Balaban J connectivity index is 1.18. The number of fused-ring (bicyclic) bond motifs is 10. The maximum atomic E-state index is 5.15. The summed E-state index contributed by atoms with van der Waals surface area (Å²) >= 11 is 0. The highest BCUT2D eigenvalue weighted by Crippen LogP contribution is 2.62. The fourth-order valence-corrected chi connectivity index (χ4v) is 7.94. The molecule has 4 heteroatoms. The molecule has 8 aromatic rings. The van der Waals surface area contributed by atoms with Crippen molar-refractivity contribution >= 4 is 0 Å². The van der Waals surface area contributed by atoms with Gasteiger partial charge in [-0.1, -0.05) is 140 Å². The largest absolute Gasteiger partial charge is 0.265 e. The second-order valence-electron chi connectivity index (χ2n) is 12.6. The summed E-state index contributed by atoms with van der Waals surface area (Å²) < 4.78 is 0. The van der Waals surface area contributed by atoms with E-state index in [9.17, 15) is 0 Å². The van der Waals surface area contributed by atoms with Crippen LogP contribution in [-0.4, -0.2) is 19.9 Å². The Bertz CT molecular complexity index is 2480. The minimum absolute atomic E-state index is 0.434. The van der Waals surface area contributed by atoms with Crippen molar-refractivity contribution in [1.82, 2.24) is 19.9 Å². The van der Waals surface area contributed by atoms with Crippen LogP contribution in [0.4, 0.5) is 0 Å². The summed E-state index contributed by atoms with van der Waals surface area (Å²) in [5, 5.41) is 0. The molecule has 2 heterocycles. The van der Waals surface area contributed by atoms with E-state index >= 15 is 0 Å². The molecule has 4 nitrogen and oxygen atoms in total. The van der Waals surface area contributed by atoms with Crippen molar-refractivity contribution in [1.29, 1.82) is 0 Å². The summed E-state index contributed by atoms with van der Waals surface area (Å²) in [6, 6.07) is 56.0. The summed E-state index contributed by atoms with van der Waals surface area (Å²) in [6.07, 6.45) is 3.63. The van der Waals surface area contributed by atoms with Gasteiger partial charge in [0.2, 0.25) is 0 Å². The summed E-state index contributed by atoms with van der Waals surface area (Å²) in [7, 11) is 0. The van der Waals surface area contributed by atoms with Crippen LogP contribution in [0.2, 0.25) is 0 Å². The van der Waals surface area contributed by atoms with Crippen LogP contribution in [0.15, 0.2) is 170 Å². The minimum Gasteiger partial charge on any atom is -0.265 e. The number of rotatable bonds is 4. The molecule has 0 fully saturated rings. The fourth-order valence-electron chi connectivity index (χ4n) is 7.94. The van der Waals surface area contributed by atoms with Crippen LogP contribution in [0.3, 0.4) is 0 Å². The Morgan fingerprint density at radius 3 is 1.29 bits per heavy atom. The quantitative estimate of drug-likeness (QED) is 0.196. The second-order valence-corrected chi connectivity index (χ2v) is 12.6. The molecule has 6 aromatic carbocycles. The van der Waals surface area contributed by atoms with Crippen molar-refractivity contribution in [3.63, 3.8) is 0 Å². The average molecular weight is 625 g/mol. The highest BCUT2D eigenvalue weighted by atomic mass is 15.0. The molecule has 0 radical (unpaired) electrons. The van der Waals surface area contributed by atoms with Gasteiger partial charge in [0.15, 0.2) is 17.5 Å². The molecule has 2 aliphatic rings. The molecule has 0 atom stereocenters. The minimum atomic E-state index is -0.434. The van der Waals surface area contributed by atoms with E-state index < -0.39 is 5.41 Å². The number of hydrogen-bond donors (Lipinski definition) is 0. The third-order valence-corrected chi connectivity index (χ3v) is 10.1. The monoisotopic (exact) mass is 624 g/mol. The third kappa shape index (κ3) is 4.11. The summed E-state index contributed by atoms with van der Waals surface area (Å²) in [4.78, 5) is 19.4. The van der Waals surface area contributed by atoms with Crippen molar-refractivity contribution in [3.05, 3.63) is 192 Å². The van der Waals surface area contributed by atoms with Gasteiger partial charge in [0.25, 0.3) is 0 Å². The Hall–Kier alpha value is -6.52. The lowest BCUT2D eigenvalue weighted by Crippen LogP contribution is -2.25. The molecule has 2 aliphatic carbocycles. The molecule has 2 aromatic heterocycles. The SMILES string of the molecule is c1ccc(-c2nc(-c3ccc(-c4ccncc4)cc3)nc(-c3ccc4c(c3)C3(c5ccccc5-c5ccccc53)c3ccccc3-4)n2)cc1. The third-order valence-electron chi connectivity index (χ3n) is 10.1. The van der Waals surface area contributed by atoms with Crippen LogP contribution in [0, 0.1) is 0 Å². The van der Waals surface area contributed by atoms with E-state index in [-0.39, 0.29) is 0 Å². The molecule has 0 amide bonds. The first-order chi connectivity index (χ1) is 24.3. The van der Waals surface area contributed by atoms with E-state index in [1.165, 1.54) is 44.5 Å². The van der Waals surface area contributed by atoms with Gasteiger partial charge in [-0.3, -0.25) is 4.98 Å². The van der Waals surface area contributed by atoms with Crippen LogP contribution < -0.4 is 0 Å². The van der Waals surface area contributed by atoms with E-state index in [2.05, 4.69) is 132 Å². The topological polar surface area (TPSA) is 51.6 Å². The Kier molecular flexibility index (Phi) is 6.06. The molecule has 0 N–H and O–H groups in total. The molecule has 1 spiro atoms. The molecular formula is C45H28N4. The van der Waals surface area contributed by atoms with Crippen molar-refractivity contribution in [2.75, 3.05) is 0 Å². The lowest BCUT2D eigenvalue weighted by atomic mass is 9.70. The molecule has 49 heavy (non-hydrogen) atoms. The Morgan fingerprint density at radius 1 is 0.306 bits per heavy atom. The van der Waals surface area contributed by atoms with Gasteiger partial charge in [0.05, 0.1) is 5.41 Å². The van der Waals surface area contributed by atoms with E-state index in [1.54, 1.807) is 0 Å². The highest BCUT2D eigenvalue weighted by Gasteiger charge is 2.51. The molecule has 10 rings (SSSR count). The zero-order valence-corrected chi connectivity index (χ0v) is 26.5. The van der Waals surface area contributed by atoms with Crippen LogP contribution in [-0.2, 0) is 5.41 Å². The van der Waals surface area contributed by atoms with Crippen LogP contribution in [0.25, 0.3) is 67.5 Å². The molecule has 0 aliphatic heterocycles. The van der Waals surface area contributed by atoms with E-state index in [0.29, 0.717) is 17.5 Å². The van der Waals surface area contributed by atoms with Gasteiger partial charge in [0, 0.05) is 29.1 Å². The van der Waals surface area contributed by atoms with Crippen molar-refractivity contribution < 1.29 is 0 Å². The van der Waals surface area contributed by atoms with Gasteiger partial charge in [-0.15, -0.1) is 0 Å². The molecule has 228 valence electrons. The number of pyridine rings is 1. The summed E-state index contributed by atoms with van der Waals surface area (Å²) in [6.45, 7) is 0. The molecule has 0 saturated heterocycles. The van der Waals surface area contributed by atoms with Gasteiger partial charge in [-0.25, -0.2) is 15.0 Å². The molecule has 0 bridgehead atoms. The smallest absolute Gasteiger partial charge is 0.164 e. The first-order valence-corrected chi connectivity index (χ1v) is 16.6. The number of hydrogen-bond acceptors (Lipinski definition) is 4. The van der Waals surface area contributed by atoms with Crippen molar-refractivity contribution in [3.8, 4) is 67.5 Å².